The van der Waals surface area contributed by atoms with Gasteiger partial charge in [-0.3, -0.25) is 14.3 Å². The molecule has 0 aliphatic carbocycles. The zero-order chi connectivity index (χ0) is 21.3. The van der Waals surface area contributed by atoms with Gasteiger partial charge in [-0.2, -0.15) is 0 Å². The average molecular weight is 418 g/mol. The zero-order valence-corrected chi connectivity index (χ0v) is 17.5. The van der Waals surface area contributed by atoms with E-state index in [1.165, 1.54) is 0 Å². The molecule has 0 aliphatic heterocycles. The Balaban J connectivity index is 1.86. The summed E-state index contributed by atoms with van der Waals surface area (Å²) >= 11 is 0. The van der Waals surface area contributed by atoms with Crippen molar-refractivity contribution in [2.75, 3.05) is 22.3 Å². The molecule has 29 heavy (non-hydrogen) atoms. The summed E-state index contributed by atoms with van der Waals surface area (Å²) in [6, 6.07) is 14.4. The minimum Gasteiger partial charge on any atom is -0.355 e. The minimum absolute atomic E-state index is 0.0334. The molecule has 0 aliphatic rings. The van der Waals surface area contributed by atoms with E-state index in [-0.39, 0.29) is 37.0 Å². The Bertz CT molecular complexity index is 944. The van der Waals surface area contributed by atoms with Crippen LogP contribution in [-0.2, 0) is 26.0 Å². The summed E-state index contributed by atoms with van der Waals surface area (Å²) in [6.07, 6.45) is 0.897. The lowest BCUT2D eigenvalue weighted by Crippen LogP contribution is -2.29. The molecule has 0 fully saturated rings. The van der Waals surface area contributed by atoms with Gasteiger partial charge in [0.2, 0.25) is 21.8 Å². The van der Waals surface area contributed by atoms with Crippen LogP contribution in [-0.4, -0.2) is 32.5 Å². The summed E-state index contributed by atoms with van der Waals surface area (Å²) in [7, 11) is -3.41. The lowest BCUT2D eigenvalue weighted by atomic mass is 10.1. The normalized spacial score (nSPS) is 11.0. The van der Waals surface area contributed by atoms with Gasteiger partial charge in [-0.05, 0) is 36.6 Å². The van der Waals surface area contributed by atoms with E-state index in [4.69, 9.17) is 0 Å². The number of hydrogen-bond acceptors (Lipinski definition) is 4. The van der Waals surface area contributed by atoms with E-state index in [2.05, 4.69) is 15.4 Å². The molecule has 0 bridgehead atoms. The van der Waals surface area contributed by atoms with Gasteiger partial charge in [0.25, 0.3) is 0 Å². The van der Waals surface area contributed by atoms with E-state index in [1.807, 2.05) is 30.3 Å². The molecule has 2 aromatic rings. The van der Waals surface area contributed by atoms with Crippen LogP contribution in [0.5, 0.6) is 0 Å². The molecular formula is C21H27N3O4S. The topological polar surface area (TPSA) is 104 Å². The van der Waals surface area contributed by atoms with Crippen LogP contribution in [0.3, 0.4) is 0 Å². The third-order valence-corrected chi connectivity index (χ3v) is 5.70. The number of carbonyl (C=O) groups excluding carboxylic acids is 2. The van der Waals surface area contributed by atoms with Crippen molar-refractivity contribution in [3.63, 3.8) is 0 Å². The highest BCUT2D eigenvalue weighted by Crippen LogP contribution is 2.24. The van der Waals surface area contributed by atoms with Gasteiger partial charge in [0.15, 0.2) is 0 Å². The van der Waals surface area contributed by atoms with Gasteiger partial charge < -0.3 is 10.6 Å². The zero-order valence-electron chi connectivity index (χ0n) is 16.7. The van der Waals surface area contributed by atoms with E-state index in [1.54, 1.807) is 32.0 Å². The highest BCUT2D eigenvalue weighted by Gasteiger charge is 2.13. The van der Waals surface area contributed by atoms with Crippen LogP contribution in [0.4, 0.5) is 11.4 Å². The van der Waals surface area contributed by atoms with Crippen LogP contribution < -0.4 is 15.4 Å². The fourth-order valence-corrected chi connectivity index (χ4v) is 3.94. The second kappa shape index (κ2) is 10.6. The van der Waals surface area contributed by atoms with Gasteiger partial charge in [-0.1, -0.05) is 43.3 Å². The van der Waals surface area contributed by atoms with E-state index in [9.17, 15) is 18.0 Å². The smallest absolute Gasteiger partial charge is 0.232 e. The number of amides is 2. The monoisotopic (exact) mass is 417 g/mol. The first kappa shape index (κ1) is 22.4. The van der Waals surface area contributed by atoms with Crippen molar-refractivity contribution in [3.05, 3.63) is 59.7 Å². The number of sulfonamides is 1. The van der Waals surface area contributed by atoms with Crippen LogP contribution >= 0.6 is 0 Å². The lowest BCUT2D eigenvalue weighted by Gasteiger charge is -2.14. The van der Waals surface area contributed by atoms with Crippen molar-refractivity contribution < 1.29 is 18.0 Å². The fourth-order valence-electron chi connectivity index (χ4n) is 2.74. The van der Waals surface area contributed by atoms with Crippen molar-refractivity contribution in [3.8, 4) is 0 Å². The van der Waals surface area contributed by atoms with Crippen LogP contribution in [0.1, 0.15) is 30.9 Å². The SMILES string of the molecule is CCCS(=O)(=O)Nc1cccc(NC(=O)CCNC(=O)Cc2ccccc2)c1C. The van der Waals surface area contributed by atoms with Gasteiger partial charge in [0, 0.05) is 18.7 Å². The molecule has 2 amide bonds. The standard InChI is InChI=1S/C21H27N3O4S/c1-3-14-29(27,28)24-19-11-7-10-18(16(19)2)23-20(25)12-13-22-21(26)15-17-8-5-4-6-9-17/h4-11,24H,3,12-15H2,1-2H3,(H,22,26)(H,23,25). The van der Waals surface area contributed by atoms with Crippen molar-refractivity contribution in [1.29, 1.82) is 0 Å². The molecule has 7 nitrogen and oxygen atoms in total. The molecule has 0 atom stereocenters. The number of nitrogens with one attached hydrogen (secondary N) is 3. The average Bonchev–Trinajstić information content (AvgIpc) is 2.65. The molecule has 0 heterocycles. The molecule has 0 spiro atoms. The Morgan fingerprint density at radius 3 is 2.31 bits per heavy atom. The quantitative estimate of drug-likeness (QED) is 0.553. The first-order valence-electron chi connectivity index (χ1n) is 9.51. The van der Waals surface area contributed by atoms with Gasteiger partial charge in [-0.25, -0.2) is 8.42 Å². The predicted molar refractivity (Wildman–Crippen MR) is 115 cm³/mol. The number of benzene rings is 2. The molecular weight excluding hydrogens is 390 g/mol. The molecule has 0 saturated carbocycles. The van der Waals surface area contributed by atoms with Gasteiger partial charge in [-0.15, -0.1) is 0 Å². The summed E-state index contributed by atoms with van der Waals surface area (Å²) < 4.78 is 26.5. The molecule has 3 N–H and O–H groups in total. The number of anilines is 2. The Morgan fingerprint density at radius 2 is 1.62 bits per heavy atom. The van der Waals surface area contributed by atoms with Crippen LogP contribution in [0.2, 0.25) is 0 Å². The maximum absolute atomic E-state index is 12.2. The van der Waals surface area contributed by atoms with Crippen molar-refractivity contribution >= 4 is 33.2 Å². The molecule has 8 heteroatoms. The number of hydrogen-bond donors (Lipinski definition) is 3. The van der Waals surface area contributed by atoms with E-state index < -0.39 is 10.0 Å². The molecule has 0 aromatic heterocycles. The summed E-state index contributed by atoms with van der Waals surface area (Å²) in [4.78, 5) is 24.1. The summed E-state index contributed by atoms with van der Waals surface area (Å²) in [5.74, 6) is -0.375. The highest BCUT2D eigenvalue weighted by atomic mass is 32.2. The third-order valence-electron chi connectivity index (χ3n) is 4.23. The fraction of sp³-hybridized carbons (Fsp3) is 0.333. The summed E-state index contributed by atoms with van der Waals surface area (Å²) in [5, 5.41) is 5.49. The molecule has 156 valence electrons. The second-order valence-corrected chi connectivity index (χ2v) is 8.55. The van der Waals surface area contributed by atoms with Crippen LogP contribution in [0.15, 0.2) is 48.5 Å². The van der Waals surface area contributed by atoms with Crippen molar-refractivity contribution in [2.45, 2.75) is 33.1 Å². The summed E-state index contributed by atoms with van der Waals surface area (Å²) in [6.45, 7) is 3.75. The molecule has 0 saturated heterocycles. The van der Waals surface area contributed by atoms with Gasteiger partial charge >= 0.3 is 0 Å². The molecule has 0 unspecified atom stereocenters. The highest BCUT2D eigenvalue weighted by molar-refractivity contribution is 7.92. The Kier molecular flexibility index (Phi) is 8.21. The van der Waals surface area contributed by atoms with Crippen LogP contribution in [0, 0.1) is 6.92 Å². The third kappa shape index (κ3) is 7.57. The van der Waals surface area contributed by atoms with E-state index >= 15 is 0 Å². The Hall–Kier alpha value is -2.87. The Morgan fingerprint density at radius 1 is 0.931 bits per heavy atom. The first-order chi connectivity index (χ1) is 13.8. The first-order valence-corrected chi connectivity index (χ1v) is 11.2. The predicted octanol–water partition coefficient (Wildman–Crippen LogP) is 2.83. The maximum Gasteiger partial charge on any atom is 0.232 e. The van der Waals surface area contributed by atoms with Gasteiger partial charge in [0.05, 0.1) is 17.9 Å². The molecule has 2 rings (SSSR count). The Labute approximate surface area is 172 Å². The van der Waals surface area contributed by atoms with E-state index in [0.717, 1.165) is 5.56 Å². The second-order valence-electron chi connectivity index (χ2n) is 6.71. The molecule has 0 radical (unpaired) electrons. The van der Waals surface area contributed by atoms with Crippen molar-refractivity contribution in [1.82, 2.24) is 5.32 Å². The van der Waals surface area contributed by atoms with Crippen LogP contribution in [0.25, 0.3) is 0 Å². The maximum atomic E-state index is 12.2. The summed E-state index contributed by atoms with van der Waals surface area (Å²) in [5.41, 5.74) is 2.51. The minimum atomic E-state index is -3.41. The number of carbonyl (C=O) groups is 2. The van der Waals surface area contributed by atoms with Gasteiger partial charge in [0.1, 0.15) is 0 Å². The van der Waals surface area contributed by atoms with E-state index in [0.29, 0.717) is 23.4 Å². The lowest BCUT2D eigenvalue weighted by molar-refractivity contribution is -0.120. The largest absolute Gasteiger partial charge is 0.355 e. The van der Waals surface area contributed by atoms with Crippen molar-refractivity contribution in [2.24, 2.45) is 0 Å². The number of rotatable bonds is 10. The molecule has 2 aromatic carbocycles.